The second-order valence-corrected chi connectivity index (χ2v) is 13.8. The largest absolute Gasteiger partial charge is 0.444 e. The van der Waals surface area contributed by atoms with Gasteiger partial charge < -0.3 is 24.3 Å². The van der Waals surface area contributed by atoms with Gasteiger partial charge in [-0.1, -0.05) is 12.2 Å². The third kappa shape index (κ3) is 5.55. The van der Waals surface area contributed by atoms with Gasteiger partial charge in [0, 0.05) is 63.2 Å². The first-order valence-electron chi connectivity index (χ1n) is 13.4. The fourth-order valence-electron chi connectivity index (χ4n) is 5.50. The molecule has 0 N–H and O–H groups in total. The summed E-state index contributed by atoms with van der Waals surface area (Å²) in [4.78, 5) is 26.7. The molecule has 1 saturated carbocycles. The molecule has 0 radical (unpaired) electrons. The zero-order chi connectivity index (χ0) is 27.2. The number of fused-ring (bicyclic) bond motifs is 1. The first kappa shape index (κ1) is 26.6. The Morgan fingerprint density at radius 1 is 1.03 bits per heavy atom. The maximum Gasteiger partial charge on any atom is 0.410 e. The smallest absolute Gasteiger partial charge is 0.410 e. The first-order valence-corrected chi connectivity index (χ1v) is 15.3. The lowest BCUT2D eigenvalue weighted by molar-refractivity contribution is -0.00153. The van der Waals surface area contributed by atoms with E-state index in [4.69, 9.17) is 9.73 Å². The number of hydrogen-bond acceptors (Lipinski definition) is 8. The Balaban J connectivity index is 1.16. The lowest BCUT2D eigenvalue weighted by Gasteiger charge is -2.47. The van der Waals surface area contributed by atoms with E-state index in [1.807, 2.05) is 40.0 Å². The summed E-state index contributed by atoms with van der Waals surface area (Å²) in [6, 6.07) is 7.70. The van der Waals surface area contributed by atoms with E-state index in [1.165, 1.54) is 6.26 Å². The van der Waals surface area contributed by atoms with Crippen LogP contribution in [0.3, 0.4) is 0 Å². The van der Waals surface area contributed by atoms with Crippen LogP contribution in [0.1, 0.15) is 33.6 Å². The van der Waals surface area contributed by atoms with Crippen molar-refractivity contribution in [3.8, 4) is 0 Å². The van der Waals surface area contributed by atoms with Crippen molar-refractivity contribution in [1.29, 1.82) is 0 Å². The normalized spacial score (nSPS) is 27.1. The SMILES string of the molecule is CN(C(=O)OC(C)(C)C)C1CC(N2C=CC3C=CC(N4CCN(c5ccc(S(C)(=O)=O)cc5)CC4)=NC32)C1. The first-order chi connectivity index (χ1) is 17.9. The number of carbonyl (C=O) groups is 1. The molecule has 4 aliphatic rings. The highest BCUT2D eigenvalue weighted by molar-refractivity contribution is 7.90. The number of dihydropyridines is 1. The van der Waals surface area contributed by atoms with Crippen LogP contribution in [-0.4, -0.2) is 98.4 Å². The highest BCUT2D eigenvalue weighted by Crippen LogP contribution is 2.38. The number of amidine groups is 1. The Morgan fingerprint density at radius 2 is 1.66 bits per heavy atom. The zero-order valence-electron chi connectivity index (χ0n) is 22.9. The Kier molecular flexibility index (Phi) is 6.96. The number of amides is 1. The standard InChI is InChI=1S/C28H39N5O4S/c1-28(2,3)37-27(34)30(4)22-18-23(19-22)33-13-12-20-6-11-25(29-26(20)33)32-16-14-31(15-17-32)21-7-9-24(10-8-21)38(5,35)36/h6-13,20,22-23,26H,14-19H2,1-5H3. The molecule has 3 aliphatic heterocycles. The van der Waals surface area contributed by atoms with Gasteiger partial charge in [0.2, 0.25) is 0 Å². The molecule has 2 atom stereocenters. The second kappa shape index (κ2) is 9.94. The molecule has 1 saturated heterocycles. The fourth-order valence-corrected chi connectivity index (χ4v) is 6.13. The summed E-state index contributed by atoms with van der Waals surface area (Å²) in [5, 5.41) is 0. The number of carbonyl (C=O) groups excluding carboxylic acids is 1. The van der Waals surface area contributed by atoms with Gasteiger partial charge >= 0.3 is 6.09 Å². The van der Waals surface area contributed by atoms with Crippen LogP contribution >= 0.6 is 0 Å². The van der Waals surface area contributed by atoms with Crippen molar-refractivity contribution < 1.29 is 17.9 Å². The number of rotatable bonds is 4. The number of aliphatic imine (C=N–C) groups is 1. The lowest BCUT2D eigenvalue weighted by atomic mass is 9.84. The molecule has 3 heterocycles. The van der Waals surface area contributed by atoms with Crippen molar-refractivity contribution in [2.24, 2.45) is 10.9 Å². The second-order valence-electron chi connectivity index (χ2n) is 11.7. The van der Waals surface area contributed by atoms with Gasteiger partial charge in [-0.25, -0.2) is 18.2 Å². The number of benzene rings is 1. The van der Waals surface area contributed by atoms with E-state index >= 15 is 0 Å². The van der Waals surface area contributed by atoms with Crippen molar-refractivity contribution in [3.63, 3.8) is 0 Å². The monoisotopic (exact) mass is 541 g/mol. The molecule has 9 nitrogen and oxygen atoms in total. The third-order valence-electron chi connectivity index (χ3n) is 7.84. The number of sulfone groups is 1. The molecule has 0 bridgehead atoms. The van der Waals surface area contributed by atoms with Gasteiger partial charge in [-0.15, -0.1) is 0 Å². The number of hydrogen-bond donors (Lipinski definition) is 0. The Hall–Kier alpha value is -3.01. The number of anilines is 1. The van der Waals surface area contributed by atoms with E-state index < -0.39 is 15.4 Å². The van der Waals surface area contributed by atoms with Crippen LogP contribution in [0.4, 0.5) is 10.5 Å². The van der Waals surface area contributed by atoms with Gasteiger partial charge in [-0.05, 0) is 70.2 Å². The molecular weight excluding hydrogens is 502 g/mol. The van der Waals surface area contributed by atoms with E-state index in [0.717, 1.165) is 50.5 Å². The summed E-state index contributed by atoms with van der Waals surface area (Å²) in [5.74, 6) is 1.30. The summed E-state index contributed by atoms with van der Waals surface area (Å²) in [6.45, 7) is 9.08. The number of nitrogens with zero attached hydrogens (tertiary/aromatic N) is 5. The molecule has 0 aromatic heterocycles. The molecule has 38 heavy (non-hydrogen) atoms. The minimum Gasteiger partial charge on any atom is -0.444 e. The van der Waals surface area contributed by atoms with Crippen LogP contribution in [0.5, 0.6) is 0 Å². The third-order valence-corrected chi connectivity index (χ3v) is 8.96. The summed E-state index contributed by atoms with van der Waals surface area (Å²) in [7, 11) is -1.36. The van der Waals surface area contributed by atoms with Crippen LogP contribution in [0, 0.1) is 5.92 Å². The minimum absolute atomic E-state index is 0.0642. The average molecular weight is 542 g/mol. The van der Waals surface area contributed by atoms with Gasteiger partial charge in [0.05, 0.1) is 4.90 Å². The quantitative estimate of drug-likeness (QED) is 0.578. The van der Waals surface area contributed by atoms with Crippen molar-refractivity contribution >= 4 is 27.5 Å². The molecule has 1 aromatic carbocycles. The van der Waals surface area contributed by atoms with Crippen molar-refractivity contribution in [3.05, 3.63) is 48.7 Å². The maximum absolute atomic E-state index is 12.4. The summed E-state index contributed by atoms with van der Waals surface area (Å²) >= 11 is 0. The van der Waals surface area contributed by atoms with Crippen LogP contribution < -0.4 is 4.90 Å². The highest BCUT2D eigenvalue weighted by atomic mass is 32.2. The average Bonchev–Trinajstić information content (AvgIpc) is 3.24. The van der Waals surface area contributed by atoms with Crippen LogP contribution in [-0.2, 0) is 14.6 Å². The number of piperazine rings is 1. The molecule has 2 unspecified atom stereocenters. The van der Waals surface area contributed by atoms with Crippen molar-refractivity contribution in [2.75, 3.05) is 44.4 Å². The predicted molar refractivity (Wildman–Crippen MR) is 149 cm³/mol. The van der Waals surface area contributed by atoms with Crippen molar-refractivity contribution in [1.82, 2.24) is 14.7 Å². The zero-order valence-corrected chi connectivity index (χ0v) is 23.8. The molecule has 0 spiro atoms. The van der Waals surface area contributed by atoms with E-state index in [2.05, 4.69) is 39.1 Å². The molecule has 206 valence electrons. The van der Waals surface area contributed by atoms with E-state index in [-0.39, 0.29) is 24.2 Å². The van der Waals surface area contributed by atoms with Gasteiger partial charge in [0.15, 0.2) is 9.84 Å². The van der Waals surface area contributed by atoms with Gasteiger partial charge in [0.1, 0.15) is 17.6 Å². The Morgan fingerprint density at radius 3 is 2.26 bits per heavy atom. The van der Waals surface area contributed by atoms with E-state index in [1.54, 1.807) is 17.0 Å². The minimum atomic E-state index is -3.19. The summed E-state index contributed by atoms with van der Waals surface area (Å²) in [6.07, 6.45) is 11.7. The molecule has 10 heteroatoms. The van der Waals surface area contributed by atoms with Gasteiger partial charge in [-0.3, -0.25) is 0 Å². The van der Waals surface area contributed by atoms with Crippen LogP contribution in [0.15, 0.2) is 58.6 Å². The Bertz CT molecular complexity index is 1240. The van der Waals surface area contributed by atoms with Crippen molar-refractivity contribution in [2.45, 2.75) is 62.4 Å². The molecule has 1 amide bonds. The van der Waals surface area contributed by atoms with Crippen LogP contribution in [0.2, 0.25) is 0 Å². The molecule has 1 aliphatic carbocycles. The Labute approximate surface area is 226 Å². The van der Waals surface area contributed by atoms with E-state index in [0.29, 0.717) is 10.9 Å². The van der Waals surface area contributed by atoms with Crippen LogP contribution in [0.25, 0.3) is 0 Å². The van der Waals surface area contributed by atoms with Gasteiger partial charge in [0.25, 0.3) is 0 Å². The topological polar surface area (TPSA) is 85.8 Å². The summed E-state index contributed by atoms with van der Waals surface area (Å²) < 4.78 is 29.0. The molecular formula is C28H39N5O4S. The molecule has 2 fully saturated rings. The fraction of sp³-hybridized carbons (Fsp3) is 0.571. The maximum atomic E-state index is 12.4. The predicted octanol–water partition coefficient (Wildman–Crippen LogP) is 3.35. The summed E-state index contributed by atoms with van der Waals surface area (Å²) in [5.41, 5.74) is 0.549. The molecule has 1 aromatic rings. The highest BCUT2D eigenvalue weighted by Gasteiger charge is 2.43. The number of ether oxygens (including phenoxy) is 1. The lowest BCUT2D eigenvalue weighted by Crippen LogP contribution is -2.56. The van der Waals surface area contributed by atoms with E-state index in [9.17, 15) is 13.2 Å². The van der Waals surface area contributed by atoms with Gasteiger partial charge in [-0.2, -0.15) is 0 Å². The molecule has 5 rings (SSSR count).